The highest BCUT2D eigenvalue weighted by molar-refractivity contribution is 7.16. The first-order chi connectivity index (χ1) is 11.2. The van der Waals surface area contributed by atoms with Gasteiger partial charge in [0.25, 0.3) is 0 Å². The molecule has 2 rings (SSSR count). The van der Waals surface area contributed by atoms with E-state index in [-0.39, 0.29) is 6.42 Å². The van der Waals surface area contributed by atoms with Crippen molar-refractivity contribution in [3.8, 4) is 5.75 Å². The van der Waals surface area contributed by atoms with E-state index in [0.717, 1.165) is 6.07 Å². The minimum Gasteiger partial charge on any atom is -0.428 e. The van der Waals surface area contributed by atoms with Crippen LogP contribution in [0.2, 0.25) is 4.34 Å². The smallest absolute Gasteiger partial charge is 0.428 e. The lowest BCUT2D eigenvalue weighted by atomic mass is 10.0. The van der Waals surface area contributed by atoms with Crippen molar-refractivity contribution in [1.82, 2.24) is 0 Å². The number of nitrogens with two attached hydrogens (primary N) is 1. The number of aliphatic hydroxyl groups is 1. The van der Waals surface area contributed by atoms with Crippen LogP contribution in [0, 0.1) is 0 Å². The lowest BCUT2D eigenvalue weighted by Gasteiger charge is -2.19. The van der Waals surface area contributed by atoms with Crippen molar-refractivity contribution in [2.75, 3.05) is 0 Å². The van der Waals surface area contributed by atoms with E-state index in [1.165, 1.54) is 23.5 Å². The van der Waals surface area contributed by atoms with Crippen molar-refractivity contribution in [3.63, 3.8) is 0 Å². The second-order valence-corrected chi connectivity index (χ2v) is 6.81. The summed E-state index contributed by atoms with van der Waals surface area (Å²) in [5.74, 6) is -0.404. The van der Waals surface area contributed by atoms with E-state index in [2.05, 4.69) is 4.74 Å². The van der Waals surface area contributed by atoms with Gasteiger partial charge in [-0.15, -0.1) is 11.3 Å². The van der Waals surface area contributed by atoms with Gasteiger partial charge in [0.2, 0.25) is 0 Å². The first-order valence-corrected chi connectivity index (χ1v) is 8.01. The van der Waals surface area contributed by atoms with Gasteiger partial charge in [0, 0.05) is 10.9 Å². The summed E-state index contributed by atoms with van der Waals surface area (Å²) in [6.45, 7) is 0. The van der Waals surface area contributed by atoms with E-state index in [4.69, 9.17) is 17.3 Å². The summed E-state index contributed by atoms with van der Waals surface area (Å²) in [6, 6.07) is 7.81. The highest BCUT2D eigenvalue weighted by atomic mass is 35.5. The predicted octanol–water partition coefficient (Wildman–Crippen LogP) is 4.24. The highest BCUT2D eigenvalue weighted by Crippen LogP contribution is 2.30. The van der Waals surface area contributed by atoms with Gasteiger partial charge in [0.1, 0.15) is 11.9 Å². The van der Waals surface area contributed by atoms with Gasteiger partial charge < -0.3 is 15.6 Å². The Labute approximate surface area is 144 Å². The Hall–Kier alpha value is -1.35. The van der Waals surface area contributed by atoms with Crippen LogP contribution in [0.3, 0.4) is 0 Å². The number of alkyl halides is 4. The zero-order valence-electron chi connectivity index (χ0n) is 12.1. The molecule has 132 valence electrons. The molecule has 0 amide bonds. The van der Waals surface area contributed by atoms with E-state index in [0.29, 0.717) is 14.8 Å². The van der Waals surface area contributed by atoms with Crippen LogP contribution < -0.4 is 10.5 Å². The van der Waals surface area contributed by atoms with E-state index < -0.39 is 30.4 Å². The Balaban J connectivity index is 2.06. The molecule has 3 N–H and O–H groups in total. The van der Waals surface area contributed by atoms with Crippen LogP contribution in [0.4, 0.5) is 17.6 Å². The monoisotopic (exact) mass is 383 g/mol. The van der Waals surface area contributed by atoms with Crippen molar-refractivity contribution < 1.29 is 27.4 Å². The number of ether oxygens (including phenoxy) is 1. The summed E-state index contributed by atoms with van der Waals surface area (Å²) in [6.07, 6.45) is -9.37. The summed E-state index contributed by atoms with van der Waals surface area (Å²) < 4.78 is 54.7. The van der Waals surface area contributed by atoms with E-state index >= 15 is 0 Å². The Kier molecular flexibility index (Phi) is 6.08. The van der Waals surface area contributed by atoms with Crippen LogP contribution in [0.25, 0.3) is 0 Å². The zero-order chi connectivity index (χ0) is 17.9. The molecule has 0 aliphatic heterocycles. The normalized spacial score (nSPS) is 14.7. The number of aliphatic hydroxyl groups excluding tert-OH is 1. The van der Waals surface area contributed by atoms with Gasteiger partial charge in [0.15, 0.2) is 0 Å². The average molecular weight is 384 g/mol. The first kappa shape index (κ1) is 19.0. The molecule has 2 unspecified atom stereocenters. The molecular weight excluding hydrogens is 370 g/mol. The standard InChI is InChI=1S/C15H14ClF4NO2S/c16-12-5-4-11(24-12)13(22)10(21)7-8-2-1-3-9(6-8)23-15(19,20)14(17)18/h1-6,10,13-14,22H,7,21H2. The molecular formula is C15H14ClF4NO2S. The number of hydrogen-bond donors (Lipinski definition) is 2. The zero-order valence-corrected chi connectivity index (χ0v) is 13.7. The maximum atomic E-state index is 12.9. The molecule has 2 atom stereocenters. The van der Waals surface area contributed by atoms with Gasteiger partial charge in [-0.1, -0.05) is 23.7 Å². The summed E-state index contributed by atoms with van der Waals surface area (Å²) in [5, 5.41) is 10.2. The van der Waals surface area contributed by atoms with Crippen molar-refractivity contribution in [2.45, 2.75) is 31.1 Å². The minimum absolute atomic E-state index is 0.133. The van der Waals surface area contributed by atoms with E-state index in [9.17, 15) is 22.7 Å². The fraction of sp³-hybridized carbons (Fsp3) is 0.333. The van der Waals surface area contributed by atoms with Gasteiger partial charge >= 0.3 is 12.5 Å². The minimum atomic E-state index is -4.58. The second kappa shape index (κ2) is 7.69. The van der Waals surface area contributed by atoms with Crippen LogP contribution in [-0.4, -0.2) is 23.7 Å². The van der Waals surface area contributed by atoms with Crippen molar-refractivity contribution in [3.05, 3.63) is 51.2 Å². The molecule has 3 nitrogen and oxygen atoms in total. The van der Waals surface area contributed by atoms with Gasteiger partial charge in [-0.05, 0) is 36.2 Å². The first-order valence-electron chi connectivity index (χ1n) is 6.82. The molecule has 9 heteroatoms. The molecule has 0 fully saturated rings. The molecule has 24 heavy (non-hydrogen) atoms. The molecule has 0 radical (unpaired) electrons. The second-order valence-electron chi connectivity index (χ2n) is 5.07. The molecule has 0 aliphatic rings. The van der Waals surface area contributed by atoms with Crippen molar-refractivity contribution in [2.24, 2.45) is 5.73 Å². The Morgan fingerprint density at radius 3 is 2.54 bits per heavy atom. The Bertz CT molecular complexity index is 683. The number of rotatable bonds is 7. The summed E-state index contributed by atoms with van der Waals surface area (Å²) in [4.78, 5) is 0.573. The third-order valence-electron chi connectivity index (χ3n) is 3.17. The number of benzene rings is 1. The topological polar surface area (TPSA) is 55.5 Å². The van der Waals surface area contributed by atoms with Crippen LogP contribution in [0.1, 0.15) is 16.5 Å². The van der Waals surface area contributed by atoms with E-state index in [1.807, 2.05) is 0 Å². The third-order valence-corrected chi connectivity index (χ3v) is 4.47. The van der Waals surface area contributed by atoms with Crippen LogP contribution >= 0.6 is 22.9 Å². The van der Waals surface area contributed by atoms with Crippen molar-refractivity contribution in [1.29, 1.82) is 0 Å². The molecule has 1 aromatic heterocycles. The molecule has 0 aliphatic carbocycles. The number of hydrogen-bond acceptors (Lipinski definition) is 4. The van der Waals surface area contributed by atoms with Gasteiger partial charge in [-0.3, -0.25) is 0 Å². The lowest BCUT2D eigenvalue weighted by Crippen LogP contribution is -2.33. The molecule has 0 bridgehead atoms. The summed E-state index contributed by atoms with van der Waals surface area (Å²) >= 11 is 6.97. The van der Waals surface area contributed by atoms with Crippen LogP contribution in [-0.2, 0) is 6.42 Å². The molecule has 1 heterocycles. The molecule has 0 saturated carbocycles. The Morgan fingerprint density at radius 2 is 1.96 bits per heavy atom. The number of thiophene rings is 1. The molecule has 1 aromatic carbocycles. The van der Waals surface area contributed by atoms with Crippen molar-refractivity contribution >= 4 is 22.9 Å². The fourth-order valence-corrected chi connectivity index (χ4v) is 3.14. The number of halogens is 5. The maximum absolute atomic E-state index is 12.9. The average Bonchev–Trinajstić information content (AvgIpc) is 2.92. The molecule has 0 saturated heterocycles. The molecule has 0 spiro atoms. The quantitative estimate of drug-likeness (QED) is 0.703. The fourth-order valence-electron chi connectivity index (χ4n) is 2.02. The SMILES string of the molecule is NC(Cc1cccc(OC(F)(F)C(F)F)c1)C(O)c1ccc(Cl)s1. The predicted molar refractivity (Wildman–Crippen MR) is 84.0 cm³/mol. The summed E-state index contributed by atoms with van der Waals surface area (Å²) in [5.41, 5.74) is 6.39. The Morgan fingerprint density at radius 1 is 1.25 bits per heavy atom. The van der Waals surface area contributed by atoms with Crippen LogP contribution in [0.5, 0.6) is 5.75 Å². The highest BCUT2D eigenvalue weighted by Gasteiger charge is 2.44. The third kappa shape index (κ3) is 4.83. The van der Waals surface area contributed by atoms with Crippen LogP contribution in [0.15, 0.2) is 36.4 Å². The molecule has 2 aromatic rings. The largest absolute Gasteiger partial charge is 0.461 e. The van der Waals surface area contributed by atoms with Gasteiger partial charge in [-0.2, -0.15) is 17.6 Å². The van der Waals surface area contributed by atoms with Gasteiger partial charge in [-0.25, -0.2) is 0 Å². The lowest BCUT2D eigenvalue weighted by molar-refractivity contribution is -0.253. The van der Waals surface area contributed by atoms with Gasteiger partial charge in [0.05, 0.1) is 4.34 Å². The summed E-state index contributed by atoms with van der Waals surface area (Å²) in [7, 11) is 0. The maximum Gasteiger partial charge on any atom is 0.461 e. The van der Waals surface area contributed by atoms with E-state index in [1.54, 1.807) is 18.2 Å².